The Morgan fingerprint density at radius 2 is 1.64 bits per heavy atom. The van der Waals surface area contributed by atoms with Crippen molar-refractivity contribution in [3.8, 4) is 0 Å². The van der Waals surface area contributed by atoms with Gasteiger partial charge in [0.1, 0.15) is 0 Å². The third-order valence-corrected chi connectivity index (χ3v) is 5.67. The van der Waals surface area contributed by atoms with Crippen LogP contribution in [0.5, 0.6) is 0 Å². The predicted octanol–water partition coefficient (Wildman–Crippen LogP) is 0.555. The zero-order valence-electron chi connectivity index (χ0n) is 13.6. The van der Waals surface area contributed by atoms with E-state index in [9.17, 15) is 8.42 Å². The fourth-order valence-corrected chi connectivity index (χ4v) is 4.12. The third-order valence-electron chi connectivity index (χ3n) is 5.08. The van der Waals surface area contributed by atoms with E-state index in [0.29, 0.717) is 6.61 Å². The lowest BCUT2D eigenvalue weighted by atomic mass is 10.0. The maximum Gasteiger partial charge on any atom is 0.264 e. The predicted molar refractivity (Wildman–Crippen MR) is 86.2 cm³/mol. The average Bonchev–Trinajstić information content (AvgIpc) is 3.22. The van der Waals surface area contributed by atoms with E-state index in [1.807, 2.05) is 0 Å². The molecule has 0 amide bonds. The van der Waals surface area contributed by atoms with Gasteiger partial charge in [-0.2, -0.15) is 8.42 Å². The number of piperidine rings is 1. The van der Waals surface area contributed by atoms with Gasteiger partial charge in [0.2, 0.25) is 0 Å². The van der Waals surface area contributed by atoms with Crippen molar-refractivity contribution in [3.63, 3.8) is 0 Å². The summed E-state index contributed by atoms with van der Waals surface area (Å²) in [6.07, 6.45) is 7.33. The largest absolute Gasteiger partial charge is 0.300 e. The molecule has 0 bridgehead atoms. The van der Waals surface area contributed by atoms with Gasteiger partial charge < -0.3 is 4.90 Å². The Morgan fingerprint density at radius 1 is 0.955 bits per heavy atom. The van der Waals surface area contributed by atoms with E-state index in [0.717, 1.165) is 51.1 Å². The van der Waals surface area contributed by atoms with Gasteiger partial charge in [-0.15, -0.1) is 0 Å². The van der Waals surface area contributed by atoms with Crippen LogP contribution in [0.1, 0.15) is 32.1 Å². The highest BCUT2D eigenvalue weighted by molar-refractivity contribution is 7.85. The molecule has 22 heavy (non-hydrogen) atoms. The summed E-state index contributed by atoms with van der Waals surface area (Å²) in [6.45, 7) is 7.06. The fraction of sp³-hybridized carbons (Fsp3) is 1.00. The molecule has 1 aliphatic carbocycles. The topological polar surface area (TPSA) is 53.1 Å². The summed E-state index contributed by atoms with van der Waals surface area (Å²) in [4.78, 5) is 7.70. The highest BCUT2D eigenvalue weighted by atomic mass is 32.2. The van der Waals surface area contributed by atoms with Gasteiger partial charge in [-0.3, -0.25) is 14.0 Å². The molecule has 128 valence electrons. The zero-order chi connectivity index (χ0) is 15.6. The molecule has 3 fully saturated rings. The average molecular weight is 331 g/mol. The van der Waals surface area contributed by atoms with Crippen molar-refractivity contribution in [2.24, 2.45) is 0 Å². The number of nitrogens with zero attached hydrogens (tertiary/aromatic N) is 3. The molecule has 1 saturated carbocycles. The van der Waals surface area contributed by atoms with Gasteiger partial charge in [-0.1, -0.05) is 0 Å². The number of hydrogen-bond acceptors (Lipinski definition) is 6. The van der Waals surface area contributed by atoms with Gasteiger partial charge in [-0.05, 0) is 45.2 Å². The summed E-state index contributed by atoms with van der Waals surface area (Å²) in [5, 5.41) is 0. The lowest BCUT2D eigenvalue weighted by molar-refractivity contribution is 0.106. The minimum absolute atomic E-state index is 0.301. The fourth-order valence-electron chi connectivity index (χ4n) is 3.70. The molecule has 7 heteroatoms. The van der Waals surface area contributed by atoms with Gasteiger partial charge in [0.25, 0.3) is 10.1 Å². The normalized spacial score (nSPS) is 26.8. The van der Waals surface area contributed by atoms with Crippen LogP contribution in [-0.2, 0) is 14.3 Å². The van der Waals surface area contributed by atoms with Crippen LogP contribution in [0, 0.1) is 0 Å². The van der Waals surface area contributed by atoms with Crippen LogP contribution in [0.15, 0.2) is 0 Å². The Morgan fingerprint density at radius 3 is 2.27 bits per heavy atom. The molecule has 3 rings (SSSR count). The number of likely N-dealkylation sites (tertiary alicyclic amines) is 1. The first-order valence-electron chi connectivity index (χ1n) is 8.56. The maximum absolute atomic E-state index is 10.9. The molecule has 0 aromatic carbocycles. The van der Waals surface area contributed by atoms with Gasteiger partial charge in [0.15, 0.2) is 0 Å². The Balaban J connectivity index is 1.32. The van der Waals surface area contributed by atoms with Crippen LogP contribution in [-0.4, -0.2) is 87.5 Å². The van der Waals surface area contributed by atoms with E-state index in [1.54, 1.807) is 0 Å². The molecule has 0 aromatic heterocycles. The SMILES string of the molecule is CS(=O)(=O)OCCCN1CCN(C2CCN(C3CC3)CC2)C1. The van der Waals surface area contributed by atoms with Crippen LogP contribution in [0.2, 0.25) is 0 Å². The Hall–Kier alpha value is -0.210. The van der Waals surface area contributed by atoms with Crippen LogP contribution >= 0.6 is 0 Å². The summed E-state index contributed by atoms with van der Waals surface area (Å²) in [7, 11) is -3.29. The first kappa shape index (κ1) is 16.6. The molecule has 0 atom stereocenters. The summed E-state index contributed by atoms with van der Waals surface area (Å²) in [5.74, 6) is 0. The minimum atomic E-state index is -3.29. The smallest absolute Gasteiger partial charge is 0.264 e. The highest BCUT2D eigenvalue weighted by Crippen LogP contribution is 2.30. The van der Waals surface area contributed by atoms with Gasteiger partial charge in [-0.25, -0.2) is 0 Å². The van der Waals surface area contributed by atoms with Crippen molar-refractivity contribution in [2.75, 3.05) is 52.3 Å². The van der Waals surface area contributed by atoms with Crippen molar-refractivity contribution in [1.82, 2.24) is 14.7 Å². The van der Waals surface area contributed by atoms with Gasteiger partial charge in [0, 0.05) is 31.7 Å². The summed E-state index contributed by atoms with van der Waals surface area (Å²) in [6, 6.07) is 1.65. The lowest BCUT2D eigenvalue weighted by Crippen LogP contribution is -2.45. The van der Waals surface area contributed by atoms with Crippen molar-refractivity contribution in [3.05, 3.63) is 0 Å². The van der Waals surface area contributed by atoms with Crippen molar-refractivity contribution in [1.29, 1.82) is 0 Å². The van der Waals surface area contributed by atoms with Crippen LogP contribution in [0.4, 0.5) is 0 Å². The number of hydrogen-bond donors (Lipinski definition) is 0. The molecule has 0 aromatic rings. The van der Waals surface area contributed by atoms with Crippen molar-refractivity contribution < 1.29 is 12.6 Å². The van der Waals surface area contributed by atoms with Crippen LogP contribution in [0.3, 0.4) is 0 Å². The second kappa shape index (κ2) is 7.13. The lowest BCUT2D eigenvalue weighted by Gasteiger charge is -2.36. The van der Waals surface area contributed by atoms with E-state index in [-0.39, 0.29) is 0 Å². The van der Waals surface area contributed by atoms with E-state index < -0.39 is 10.1 Å². The van der Waals surface area contributed by atoms with E-state index >= 15 is 0 Å². The monoisotopic (exact) mass is 331 g/mol. The maximum atomic E-state index is 10.9. The first-order valence-corrected chi connectivity index (χ1v) is 10.4. The molecule has 2 saturated heterocycles. The number of rotatable bonds is 7. The van der Waals surface area contributed by atoms with Crippen molar-refractivity contribution in [2.45, 2.75) is 44.2 Å². The second-order valence-electron chi connectivity index (χ2n) is 6.95. The molecule has 2 heterocycles. The summed E-state index contributed by atoms with van der Waals surface area (Å²) in [5.41, 5.74) is 0. The van der Waals surface area contributed by atoms with E-state index in [4.69, 9.17) is 4.18 Å². The minimum Gasteiger partial charge on any atom is -0.300 e. The second-order valence-corrected chi connectivity index (χ2v) is 8.59. The highest BCUT2D eigenvalue weighted by Gasteiger charge is 2.34. The molecule has 0 N–H and O–H groups in total. The Bertz CT molecular complexity index is 459. The quantitative estimate of drug-likeness (QED) is 0.502. The molecular formula is C15H29N3O3S. The van der Waals surface area contributed by atoms with Crippen LogP contribution in [0.25, 0.3) is 0 Å². The third kappa shape index (κ3) is 4.89. The molecule has 0 spiro atoms. The van der Waals surface area contributed by atoms with E-state index in [1.165, 1.54) is 38.8 Å². The van der Waals surface area contributed by atoms with E-state index in [2.05, 4.69) is 14.7 Å². The molecular weight excluding hydrogens is 302 g/mol. The molecule has 3 aliphatic rings. The Kier molecular flexibility index (Phi) is 5.39. The van der Waals surface area contributed by atoms with Gasteiger partial charge in [0.05, 0.1) is 19.5 Å². The zero-order valence-corrected chi connectivity index (χ0v) is 14.4. The molecule has 6 nitrogen and oxygen atoms in total. The molecule has 0 unspecified atom stereocenters. The molecule has 0 radical (unpaired) electrons. The van der Waals surface area contributed by atoms with Gasteiger partial charge >= 0.3 is 0 Å². The summed E-state index contributed by atoms with van der Waals surface area (Å²) >= 11 is 0. The standard InChI is InChI=1S/C15H29N3O3S/c1-22(19,20)21-12-2-7-16-10-11-18(13-16)15-5-8-17(9-6-15)14-3-4-14/h14-15H,2-13H2,1H3. The Labute approximate surface area is 134 Å². The first-order chi connectivity index (χ1) is 10.5. The van der Waals surface area contributed by atoms with Crippen LogP contribution < -0.4 is 0 Å². The van der Waals surface area contributed by atoms with Crippen molar-refractivity contribution >= 4 is 10.1 Å². The summed E-state index contributed by atoms with van der Waals surface area (Å²) < 4.78 is 26.6. The molecule has 2 aliphatic heterocycles.